The van der Waals surface area contributed by atoms with Gasteiger partial charge in [0.2, 0.25) is 5.91 Å². The Morgan fingerprint density at radius 1 is 1.43 bits per heavy atom. The van der Waals surface area contributed by atoms with Crippen LogP contribution in [0.2, 0.25) is 5.02 Å². The zero-order valence-electron chi connectivity index (χ0n) is 11.3. The van der Waals surface area contributed by atoms with Gasteiger partial charge in [-0.05, 0) is 37.6 Å². The Labute approximate surface area is 126 Å². The van der Waals surface area contributed by atoms with E-state index in [9.17, 15) is 14.0 Å². The summed E-state index contributed by atoms with van der Waals surface area (Å²) in [5.74, 6) is -1.99. The third-order valence-corrected chi connectivity index (χ3v) is 3.69. The summed E-state index contributed by atoms with van der Waals surface area (Å²) in [6, 6.07) is 3.30. The zero-order chi connectivity index (χ0) is 15.4. The normalized spacial score (nSPS) is 19.2. The van der Waals surface area contributed by atoms with E-state index in [1.165, 1.54) is 12.1 Å². The van der Waals surface area contributed by atoms with Crippen molar-refractivity contribution in [2.75, 3.05) is 18.4 Å². The van der Waals surface area contributed by atoms with Crippen molar-refractivity contribution in [3.8, 4) is 0 Å². The van der Waals surface area contributed by atoms with Gasteiger partial charge in [0.1, 0.15) is 11.9 Å². The van der Waals surface area contributed by atoms with Crippen molar-refractivity contribution in [2.45, 2.75) is 25.3 Å². The van der Waals surface area contributed by atoms with Crippen LogP contribution in [0.1, 0.15) is 19.3 Å². The van der Waals surface area contributed by atoms with Crippen LogP contribution in [-0.2, 0) is 9.59 Å². The topological polar surface area (TPSA) is 69.6 Å². The van der Waals surface area contributed by atoms with Crippen LogP contribution >= 0.6 is 11.6 Å². The molecular weight excluding hydrogens is 299 g/mol. The zero-order valence-corrected chi connectivity index (χ0v) is 12.1. The molecule has 21 heavy (non-hydrogen) atoms. The lowest BCUT2D eigenvalue weighted by Crippen LogP contribution is -2.47. The number of nitrogens with zero attached hydrogens (tertiary/aromatic N) is 1. The van der Waals surface area contributed by atoms with Gasteiger partial charge < -0.3 is 10.4 Å². The fourth-order valence-corrected chi connectivity index (χ4v) is 2.58. The van der Waals surface area contributed by atoms with Crippen molar-refractivity contribution in [2.24, 2.45) is 0 Å². The van der Waals surface area contributed by atoms with Crippen LogP contribution < -0.4 is 5.32 Å². The first-order valence-corrected chi connectivity index (χ1v) is 7.07. The van der Waals surface area contributed by atoms with Crippen molar-refractivity contribution in [3.05, 3.63) is 29.0 Å². The number of amides is 1. The summed E-state index contributed by atoms with van der Waals surface area (Å²) in [6.45, 7) is 0.479. The standard InChI is InChI=1S/C14H16ClFN2O3/c15-9-4-5-11(10(16)7-9)17-13(19)8-18-6-2-1-3-12(18)14(20)21/h4-5,7,12H,1-3,6,8H2,(H,17,19)(H,20,21). The Hall–Kier alpha value is -1.66. The Balaban J connectivity index is 1.98. The highest BCUT2D eigenvalue weighted by atomic mass is 35.5. The molecule has 2 N–H and O–H groups in total. The quantitative estimate of drug-likeness (QED) is 0.895. The van der Waals surface area contributed by atoms with Gasteiger partial charge in [-0.2, -0.15) is 0 Å². The molecule has 1 amide bonds. The highest BCUT2D eigenvalue weighted by Crippen LogP contribution is 2.20. The van der Waals surface area contributed by atoms with E-state index in [0.717, 1.165) is 18.9 Å². The Morgan fingerprint density at radius 3 is 2.86 bits per heavy atom. The summed E-state index contributed by atoms with van der Waals surface area (Å²) < 4.78 is 13.6. The van der Waals surface area contributed by atoms with E-state index in [0.29, 0.717) is 13.0 Å². The largest absolute Gasteiger partial charge is 0.480 e. The second kappa shape index (κ2) is 6.87. The number of carbonyl (C=O) groups excluding carboxylic acids is 1. The van der Waals surface area contributed by atoms with E-state index in [1.54, 1.807) is 4.90 Å². The van der Waals surface area contributed by atoms with Crippen molar-refractivity contribution in [3.63, 3.8) is 0 Å². The molecule has 0 radical (unpaired) electrons. The van der Waals surface area contributed by atoms with E-state index in [4.69, 9.17) is 16.7 Å². The lowest BCUT2D eigenvalue weighted by atomic mass is 10.0. The summed E-state index contributed by atoms with van der Waals surface area (Å²) in [5, 5.41) is 11.8. The molecular formula is C14H16ClFN2O3. The number of halogens is 2. The van der Waals surface area contributed by atoms with Crippen LogP contribution in [0.5, 0.6) is 0 Å². The average Bonchev–Trinajstić information content (AvgIpc) is 2.42. The average molecular weight is 315 g/mol. The molecule has 7 heteroatoms. The van der Waals surface area contributed by atoms with Crippen LogP contribution in [0.25, 0.3) is 0 Å². The van der Waals surface area contributed by atoms with E-state index in [-0.39, 0.29) is 17.3 Å². The number of hydrogen-bond donors (Lipinski definition) is 2. The molecule has 5 nitrogen and oxygen atoms in total. The van der Waals surface area contributed by atoms with Gasteiger partial charge in [0.05, 0.1) is 12.2 Å². The Kier molecular flexibility index (Phi) is 5.14. The van der Waals surface area contributed by atoms with Crippen LogP contribution in [-0.4, -0.2) is 41.0 Å². The lowest BCUT2D eigenvalue weighted by molar-refractivity contribution is -0.145. The van der Waals surface area contributed by atoms with Gasteiger partial charge >= 0.3 is 5.97 Å². The minimum absolute atomic E-state index is 0.0354. The Bertz CT molecular complexity index is 553. The minimum Gasteiger partial charge on any atom is -0.480 e. The van der Waals surface area contributed by atoms with Gasteiger partial charge in [0.25, 0.3) is 0 Å². The molecule has 0 saturated carbocycles. The molecule has 1 saturated heterocycles. The summed E-state index contributed by atoms with van der Waals surface area (Å²) in [4.78, 5) is 24.7. The maximum Gasteiger partial charge on any atom is 0.320 e. The number of carbonyl (C=O) groups is 2. The van der Waals surface area contributed by atoms with Gasteiger partial charge in [0, 0.05) is 5.02 Å². The van der Waals surface area contributed by atoms with Crippen molar-refractivity contribution in [1.29, 1.82) is 0 Å². The predicted molar refractivity (Wildman–Crippen MR) is 76.9 cm³/mol. The maximum atomic E-state index is 13.6. The molecule has 0 aliphatic carbocycles. The van der Waals surface area contributed by atoms with Crippen molar-refractivity contribution in [1.82, 2.24) is 4.90 Å². The van der Waals surface area contributed by atoms with Gasteiger partial charge in [0.15, 0.2) is 0 Å². The monoisotopic (exact) mass is 314 g/mol. The third kappa shape index (κ3) is 4.15. The number of rotatable bonds is 4. The second-order valence-electron chi connectivity index (χ2n) is 4.99. The molecule has 0 bridgehead atoms. The molecule has 1 aliphatic heterocycles. The fraction of sp³-hybridized carbons (Fsp3) is 0.429. The number of benzene rings is 1. The number of carboxylic acid groups (broad SMARTS) is 1. The molecule has 114 valence electrons. The molecule has 1 aliphatic rings. The van der Waals surface area contributed by atoms with Crippen molar-refractivity contribution < 1.29 is 19.1 Å². The fourth-order valence-electron chi connectivity index (χ4n) is 2.42. The smallest absolute Gasteiger partial charge is 0.320 e. The van der Waals surface area contributed by atoms with Gasteiger partial charge in [-0.3, -0.25) is 14.5 Å². The van der Waals surface area contributed by atoms with Gasteiger partial charge in [-0.1, -0.05) is 18.0 Å². The number of anilines is 1. The van der Waals surface area contributed by atoms with E-state index >= 15 is 0 Å². The van der Waals surface area contributed by atoms with Crippen LogP contribution in [0.15, 0.2) is 18.2 Å². The summed E-state index contributed by atoms with van der Waals surface area (Å²) in [5.41, 5.74) is 0.0354. The highest BCUT2D eigenvalue weighted by molar-refractivity contribution is 6.30. The summed E-state index contributed by atoms with van der Waals surface area (Å²) in [7, 11) is 0. The molecule has 1 heterocycles. The first-order chi connectivity index (χ1) is 9.97. The highest BCUT2D eigenvalue weighted by Gasteiger charge is 2.29. The number of aliphatic carboxylic acids is 1. The number of likely N-dealkylation sites (tertiary alicyclic amines) is 1. The molecule has 1 fully saturated rings. The molecule has 1 atom stereocenters. The van der Waals surface area contributed by atoms with E-state index < -0.39 is 23.7 Å². The SMILES string of the molecule is O=C(CN1CCCCC1C(=O)O)Nc1ccc(Cl)cc1F. The molecule has 1 aromatic carbocycles. The molecule has 2 rings (SSSR count). The predicted octanol–water partition coefficient (Wildman–Crippen LogP) is 2.36. The van der Waals surface area contributed by atoms with Crippen LogP contribution in [0.3, 0.4) is 0 Å². The summed E-state index contributed by atoms with van der Waals surface area (Å²) >= 11 is 5.64. The summed E-state index contributed by atoms with van der Waals surface area (Å²) in [6.07, 6.45) is 2.21. The van der Waals surface area contributed by atoms with Crippen LogP contribution in [0, 0.1) is 5.82 Å². The number of hydrogen-bond acceptors (Lipinski definition) is 3. The molecule has 1 aromatic rings. The molecule has 1 unspecified atom stereocenters. The molecule has 0 aromatic heterocycles. The van der Waals surface area contributed by atoms with Crippen LogP contribution in [0.4, 0.5) is 10.1 Å². The number of nitrogens with one attached hydrogen (secondary N) is 1. The van der Waals surface area contributed by atoms with E-state index in [1.807, 2.05) is 0 Å². The second-order valence-corrected chi connectivity index (χ2v) is 5.43. The first kappa shape index (κ1) is 15.7. The Morgan fingerprint density at radius 2 is 2.19 bits per heavy atom. The van der Waals surface area contributed by atoms with Gasteiger partial charge in [-0.15, -0.1) is 0 Å². The first-order valence-electron chi connectivity index (χ1n) is 6.69. The molecule has 0 spiro atoms. The minimum atomic E-state index is -0.930. The van der Waals surface area contributed by atoms with Gasteiger partial charge in [-0.25, -0.2) is 4.39 Å². The van der Waals surface area contributed by atoms with E-state index in [2.05, 4.69) is 5.32 Å². The number of piperidine rings is 1. The van der Waals surface area contributed by atoms with Crippen molar-refractivity contribution >= 4 is 29.2 Å². The lowest BCUT2D eigenvalue weighted by Gasteiger charge is -2.32. The maximum absolute atomic E-state index is 13.6. The third-order valence-electron chi connectivity index (χ3n) is 3.45. The number of carboxylic acids is 1.